The summed E-state index contributed by atoms with van der Waals surface area (Å²) in [5.41, 5.74) is 8.53. The molecule has 0 bridgehead atoms. The van der Waals surface area contributed by atoms with Crippen LogP contribution < -0.4 is 10.6 Å². The lowest BCUT2D eigenvalue weighted by molar-refractivity contribution is 0.621. The lowest BCUT2D eigenvalue weighted by Crippen LogP contribution is -2.33. The molecule has 0 aliphatic rings. The fraction of sp³-hybridized carbons (Fsp3) is 0.647. The number of nitrogens with two attached hydrogens (primary N) is 1. The zero-order valence-corrected chi connectivity index (χ0v) is 14.1. The van der Waals surface area contributed by atoms with Crippen molar-refractivity contribution in [3.63, 3.8) is 0 Å². The van der Waals surface area contributed by atoms with Gasteiger partial charge < -0.3 is 10.6 Å². The Hall–Kier alpha value is -0.730. The lowest BCUT2D eigenvalue weighted by Gasteiger charge is -2.31. The third-order valence-electron chi connectivity index (χ3n) is 3.52. The van der Waals surface area contributed by atoms with Crippen molar-refractivity contribution in [3.05, 3.63) is 28.8 Å². The van der Waals surface area contributed by atoms with Crippen LogP contribution in [0.15, 0.2) is 18.2 Å². The summed E-state index contributed by atoms with van der Waals surface area (Å²) in [7, 11) is 0. The number of hydrogen-bond donors (Lipinski definition) is 1. The first-order valence-electron chi connectivity index (χ1n) is 7.76. The highest BCUT2D eigenvalue weighted by atomic mass is 35.5. The lowest BCUT2D eigenvalue weighted by atomic mass is 10.0. The van der Waals surface area contributed by atoms with Crippen LogP contribution in [0, 0.1) is 0 Å². The molecule has 1 aromatic rings. The Morgan fingerprint density at radius 1 is 1.20 bits per heavy atom. The van der Waals surface area contributed by atoms with Crippen LogP contribution in [0.25, 0.3) is 0 Å². The highest BCUT2D eigenvalue weighted by Crippen LogP contribution is 2.28. The number of halogens is 1. The molecule has 0 saturated heterocycles. The van der Waals surface area contributed by atoms with E-state index < -0.39 is 0 Å². The fourth-order valence-electron chi connectivity index (χ4n) is 2.51. The van der Waals surface area contributed by atoms with Crippen molar-refractivity contribution in [2.24, 2.45) is 5.73 Å². The van der Waals surface area contributed by atoms with Gasteiger partial charge in [0.2, 0.25) is 0 Å². The summed E-state index contributed by atoms with van der Waals surface area (Å²) in [4.78, 5) is 2.46. The molecule has 114 valence electrons. The molecular weight excluding hydrogens is 268 g/mol. The van der Waals surface area contributed by atoms with Gasteiger partial charge in [0.25, 0.3) is 0 Å². The van der Waals surface area contributed by atoms with E-state index in [9.17, 15) is 0 Å². The van der Waals surface area contributed by atoms with Crippen molar-refractivity contribution in [1.29, 1.82) is 0 Å². The minimum Gasteiger partial charge on any atom is -0.369 e. The molecule has 0 aromatic heterocycles. The molecule has 2 N–H and O–H groups in total. The average Bonchev–Trinajstić information content (AvgIpc) is 2.36. The van der Waals surface area contributed by atoms with Crippen molar-refractivity contribution in [2.75, 3.05) is 11.4 Å². The maximum atomic E-state index is 6.21. The Kier molecular flexibility index (Phi) is 7.39. The fourth-order valence-corrected chi connectivity index (χ4v) is 2.68. The van der Waals surface area contributed by atoms with Crippen molar-refractivity contribution in [1.82, 2.24) is 0 Å². The zero-order chi connectivity index (χ0) is 15.1. The second kappa shape index (κ2) is 8.53. The molecule has 1 atom stereocenters. The molecule has 0 saturated carbocycles. The van der Waals surface area contributed by atoms with Crippen molar-refractivity contribution in [2.45, 2.75) is 65.5 Å². The predicted octanol–water partition coefficient (Wildman–Crippen LogP) is 4.63. The van der Waals surface area contributed by atoms with E-state index in [0.717, 1.165) is 18.0 Å². The summed E-state index contributed by atoms with van der Waals surface area (Å²) in [5.74, 6) is 0. The highest BCUT2D eigenvalue weighted by molar-refractivity contribution is 6.30. The third-order valence-corrected chi connectivity index (χ3v) is 3.76. The molecule has 20 heavy (non-hydrogen) atoms. The molecule has 1 unspecified atom stereocenters. The number of anilines is 1. The normalized spacial score (nSPS) is 12.8. The molecule has 0 aliphatic carbocycles. The molecule has 0 radical (unpaired) electrons. The minimum atomic E-state index is 0.166. The predicted molar refractivity (Wildman–Crippen MR) is 90.8 cm³/mol. The average molecular weight is 297 g/mol. The van der Waals surface area contributed by atoms with Crippen LogP contribution in [0.5, 0.6) is 0 Å². The smallest absolute Gasteiger partial charge is 0.0426 e. The molecule has 1 aromatic carbocycles. The summed E-state index contributed by atoms with van der Waals surface area (Å²) in [6.45, 7) is 9.85. The van der Waals surface area contributed by atoms with E-state index in [1.165, 1.54) is 30.5 Å². The van der Waals surface area contributed by atoms with Gasteiger partial charge in [-0.05, 0) is 51.3 Å². The topological polar surface area (TPSA) is 29.3 Å². The molecule has 0 fully saturated rings. The summed E-state index contributed by atoms with van der Waals surface area (Å²) in [6, 6.07) is 6.81. The first-order chi connectivity index (χ1) is 9.45. The van der Waals surface area contributed by atoms with Crippen molar-refractivity contribution >= 4 is 17.3 Å². The van der Waals surface area contributed by atoms with Gasteiger partial charge in [-0.1, -0.05) is 37.4 Å². The molecule has 0 spiro atoms. The summed E-state index contributed by atoms with van der Waals surface area (Å²) in [5, 5.41) is 0.801. The Morgan fingerprint density at radius 3 is 2.45 bits per heavy atom. The molecular formula is C17H29ClN2. The largest absolute Gasteiger partial charge is 0.369 e. The van der Waals surface area contributed by atoms with E-state index in [1.54, 1.807) is 0 Å². The molecule has 0 amide bonds. The standard InChI is InChI=1S/C17H29ClN2/c1-5-6-7-10-20(13(2)3)17-12-16(18)9-8-15(17)11-14(4)19/h8-9,12-14H,5-7,10-11,19H2,1-4H3. The Labute approximate surface area is 129 Å². The van der Waals surface area contributed by atoms with Crippen LogP contribution in [0.4, 0.5) is 5.69 Å². The van der Waals surface area contributed by atoms with Gasteiger partial charge in [0.15, 0.2) is 0 Å². The van der Waals surface area contributed by atoms with E-state index in [4.69, 9.17) is 17.3 Å². The number of benzene rings is 1. The van der Waals surface area contributed by atoms with Crippen LogP contribution in [-0.2, 0) is 6.42 Å². The van der Waals surface area contributed by atoms with Gasteiger partial charge >= 0.3 is 0 Å². The third kappa shape index (κ3) is 5.34. The maximum Gasteiger partial charge on any atom is 0.0426 e. The molecule has 1 rings (SSSR count). The Balaban J connectivity index is 3.00. The van der Waals surface area contributed by atoms with Crippen LogP contribution in [0.2, 0.25) is 5.02 Å². The number of unbranched alkanes of at least 4 members (excludes halogenated alkanes) is 2. The van der Waals surface area contributed by atoms with E-state index in [-0.39, 0.29) is 6.04 Å². The van der Waals surface area contributed by atoms with E-state index in [1.807, 2.05) is 6.07 Å². The Bertz CT molecular complexity index is 402. The molecule has 2 nitrogen and oxygen atoms in total. The molecule has 3 heteroatoms. The van der Waals surface area contributed by atoms with Gasteiger partial charge in [-0.2, -0.15) is 0 Å². The maximum absolute atomic E-state index is 6.21. The van der Waals surface area contributed by atoms with E-state index in [0.29, 0.717) is 6.04 Å². The van der Waals surface area contributed by atoms with Crippen LogP contribution >= 0.6 is 11.6 Å². The van der Waals surface area contributed by atoms with Crippen molar-refractivity contribution in [3.8, 4) is 0 Å². The first kappa shape index (κ1) is 17.3. The number of hydrogen-bond acceptors (Lipinski definition) is 2. The summed E-state index contributed by atoms with van der Waals surface area (Å²) >= 11 is 6.21. The summed E-state index contributed by atoms with van der Waals surface area (Å²) in [6.07, 6.45) is 4.63. The number of rotatable bonds is 8. The van der Waals surface area contributed by atoms with Crippen LogP contribution in [0.3, 0.4) is 0 Å². The minimum absolute atomic E-state index is 0.166. The van der Waals surface area contributed by atoms with Gasteiger partial charge in [0.1, 0.15) is 0 Å². The SMILES string of the molecule is CCCCCN(c1cc(Cl)ccc1CC(C)N)C(C)C. The quantitative estimate of drug-likeness (QED) is 0.708. The molecule has 0 aliphatic heterocycles. The monoisotopic (exact) mass is 296 g/mol. The van der Waals surface area contributed by atoms with Gasteiger partial charge in [-0.15, -0.1) is 0 Å². The van der Waals surface area contributed by atoms with Gasteiger partial charge in [-0.25, -0.2) is 0 Å². The first-order valence-corrected chi connectivity index (χ1v) is 8.14. The van der Waals surface area contributed by atoms with Crippen molar-refractivity contribution < 1.29 is 0 Å². The van der Waals surface area contributed by atoms with Gasteiger partial charge in [0.05, 0.1) is 0 Å². The summed E-state index contributed by atoms with van der Waals surface area (Å²) < 4.78 is 0. The second-order valence-corrected chi connectivity index (χ2v) is 6.39. The number of nitrogens with zero attached hydrogens (tertiary/aromatic N) is 1. The van der Waals surface area contributed by atoms with E-state index >= 15 is 0 Å². The zero-order valence-electron chi connectivity index (χ0n) is 13.3. The second-order valence-electron chi connectivity index (χ2n) is 5.95. The highest BCUT2D eigenvalue weighted by Gasteiger charge is 2.15. The van der Waals surface area contributed by atoms with Gasteiger partial charge in [-0.3, -0.25) is 0 Å². The Morgan fingerprint density at radius 2 is 1.90 bits per heavy atom. The van der Waals surface area contributed by atoms with E-state index in [2.05, 4.69) is 44.7 Å². The van der Waals surface area contributed by atoms with Crippen LogP contribution in [-0.4, -0.2) is 18.6 Å². The van der Waals surface area contributed by atoms with Crippen LogP contribution in [0.1, 0.15) is 52.5 Å². The molecule has 0 heterocycles. The van der Waals surface area contributed by atoms with Gasteiger partial charge in [0, 0.05) is 29.3 Å².